The molecular formula is C18H25FN2O2S. The lowest BCUT2D eigenvalue weighted by molar-refractivity contribution is -0.0903. The SMILES string of the molecule is CCCCOC[C@H]1CC2CSC(N)=NC2(c2ccccc2F)CO1. The van der Waals surface area contributed by atoms with E-state index in [1.807, 2.05) is 6.07 Å². The van der Waals surface area contributed by atoms with Crippen LogP contribution >= 0.6 is 11.8 Å². The summed E-state index contributed by atoms with van der Waals surface area (Å²) in [6, 6.07) is 6.83. The summed E-state index contributed by atoms with van der Waals surface area (Å²) >= 11 is 1.55. The number of nitrogens with two attached hydrogens (primary N) is 1. The molecule has 2 unspecified atom stereocenters. The monoisotopic (exact) mass is 352 g/mol. The van der Waals surface area contributed by atoms with Crippen LogP contribution in [0.15, 0.2) is 29.3 Å². The minimum absolute atomic E-state index is 0.0434. The fraction of sp³-hybridized carbons (Fsp3) is 0.611. The van der Waals surface area contributed by atoms with Gasteiger partial charge in [0.1, 0.15) is 11.4 Å². The lowest BCUT2D eigenvalue weighted by atomic mass is 9.75. The number of ether oxygens (including phenoxy) is 2. The van der Waals surface area contributed by atoms with Crippen molar-refractivity contribution in [3.63, 3.8) is 0 Å². The second-order valence-corrected chi connectivity index (χ2v) is 7.50. The van der Waals surface area contributed by atoms with E-state index >= 15 is 0 Å². The molecule has 0 bridgehead atoms. The number of hydrogen-bond donors (Lipinski definition) is 1. The van der Waals surface area contributed by atoms with Crippen molar-refractivity contribution < 1.29 is 13.9 Å². The van der Waals surface area contributed by atoms with Crippen molar-refractivity contribution >= 4 is 16.9 Å². The van der Waals surface area contributed by atoms with Gasteiger partial charge in [-0.25, -0.2) is 9.38 Å². The first-order valence-electron chi connectivity index (χ1n) is 8.58. The lowest BCUT2D eigenvalue weighted by Crippen LogP contribution is -2.51. The standard InChI is InChI=1S/C18H25FN2O2S/c1-2-3-8-22-10-14-9-13-11-24-17(20)21-18(13,12-23-14)15-6-4-5-7-16(15)19/h4-7,13-14H,2-3,8-12H2,1H3,(H2,20,21)/t13?,14-,18?/m1/s1. The van der Waals surface area contributed by atoms with E-state index in [0.717, 1.165) is 31.6 Å². The zero-order valence-electron chi connectivity index (χ0n) is 14.0. The fourth-order valence-electron chi connectivity index (χ4n) is 3.43. The second kappa shape index (κ2) is 7.85. The predicted octanol–water partition coefficient (Wildman–Crippen LogP) is 3.30. The normalized spacial score (nSPS) is 29.8. The Morgan fingerprint density at radius 2 is 2.29 bits per heavy atom. The number of rotatable bonds is 6. The van der Waals surface area contributed by atoms with E-state index in [2.05, 4.69) is 11.9 Å². The Morgan fingerprint density at radius 3 is 3.08 bits per heavy atom. The third kappa shape index (κ3) is 3.60. The van der Waals surface area contributed by atoms with Gasteiger partial charge in [-0.3, -0.25) is 0 Å². The molecular weight excluding hydrogens is 327 g/mol. The summed E-state index contributed by atoms with van der Waals surface area (Å²) in [7, 11) is 0. The molecule has 0 radical (unpaired) electrons. The van der Waals surface area contributed by atoms with Crippen LogP contribution in [0.25, 0.3) is 0 Å². The first-order valence-corrected chi connectivity index (χ1v) is 9.56. The second-order valence-electron chi connectivity index (χ2n) is 6.46. The lowest BCUT2D eigenvalue weighted by Gasteiger charge is -2.46. The molecule has 1 aromatic carbocycles. The van der Waals surface area contributed by atoms with E-state index in [1.54, 1.807) is 23.9 Å². The van der Waals surface area contributed by atoms with Crippen LogP contribution in [0.2, 0.25) is 0 Å². The number of unbranched alkanes of at least 4 members (excludes halogenated alkanes) is 1. The van der Waals surface area contributed by atoms with Crippen LogP contribution < -0.4 is 5.73 Å². The van der Waals surface area contributed by atoms with Crippen molar-refractivity contribution in [2.45, 2.75) is 37.8 Å². The topological polar surface area (TPSA) is 56.8 Å². The summed E-state index contributed by atoms with van der Waals surface area (Å²) in [6.45, 7) is 3.85. The molecule has 4 nitrogen and oxygen atoms in total. The highest BCUT2D eigenvalue weighted by Gasteiger charge is 2.49. The summed E-state index contributed by atoms with van der Waals surface area (Å²) in [5.74, 6) is 0.783. The molecule has 2 aliphatic heterocycles. The van der Waals surface area contributed by atoms with Crippen molar-refractivity contribution in [1.82, 2.24) is 0 Å². The molecule has 0 amide bonds. The van der Waals surface area contributed by atoms with Gasteiger partial charge in [-0.2, -0.15) is 0 Å². The highest BCUT2D eigenvalue weighted by molar-refractivity contribution is 8.13. The highest BCUT2D eigenvalue weighted by Crippen LogP contribution is 2.46. The van der Waals surface area contributed by atoms with Crippen molar-refractivity contribution in [3.05, 3.63) is 35.6 Å². The van der Waals surface area contributed by atoms with Crippen LogP contribution in [0.3, 0.4) is 0 Å². The van der Waals surface area contributed by atoms with Crippen LogP contribution in [-0.2, 0) is 15.0 Å². The Labute approximate surface area is 147 Å². The summed E-state index contributed by atoms with van der Waals surface area (Å²) < 4.78 is 26.2. The molecule has 0 aliphatic carbocycles. The predicted molar refractivity (Wildman–Crippen MR) is 95.7 cm³/mol. The van der Waals surface area contributed by atoms with E-state index in [1.165, 1.54) is 6.07 Å². The van der Waals surface area contributed by atoms with E-state index < -0.39 is 5.54 Å². The molecule has 1 fully saturated rings. The highest BCUT2D eigenvalue weighted by atomic mass is 32.2. The molecule has 132 valence electrons. The maximum Gasteiger partial charge on any atom is 0.154 e. The van der Waals surface area contributed by atoms with Crippen LogP contribution in [0.1, 0.15) is 31.7 Å². The molecule has 2 N–H and O–H groups in total. The molecule has 3 rings (SSSR count). The van der Waals surface area contributed by atoms with Crippen LogP contribution in [0.5, 0.6) is 0 Å². The number of aliphatic imine (C=N–C) groups is 1. The molecule has 1 saturated heterocycles. The third-order valence-corrected chi connectivity index (χ3v) is 5.75. The van der Waals surface area contributed by atoms with E-state index in [4.69, 9.17) is 15.2 Å². The van der Waals surface area contributed by atoms with Gasteiger partial charge in [0.05, 0.1) is 19.3 Å². The zero-order valence-corrected chi connectivity index (χ0v) is 14.9. The third-order valence-electron chi connectivity index (χ3n) is 4.79. The number of halogens is 1. The number of amidine groups is 1. The van der Waals surface area contributed by atoms with E-state index in [9.17, 15) is 4.39 Å². The molecule has 0 saturated carbocycles. The summed E-state index contributed by atoms with van der Waals surface area (Å²) in [4.78, 5) is 4.66. The molecule has 3 atom stereocenters. The molecule has 0 spiro atoms. The quantitative estimate of drug-likeness (QED) is 0.798. The smallest absolute Gasteiger partial charge is 0.154 e. The van der Waals surface area contributed by atoms with E-state index in [-0.39, 0.29) is 17.8 Å². The fourth-order valence-corrected chi connectivity index (χ4v) is 4.45. The van der Waals surface area contributed by atoms with Gasteiger partial charge in [0.25, 0.3) is 0 Å². The molecule has 0 aromatic heterocycles. The first kappa shape index (κ1) is 17.7. The Kier molecular flexibility index (Phi) is 5.79. The van der Waals surface area contributed by atoms with Gasteiger partial charge in [-0.05, 0) is 18.9 Å². The van der Waals surface area contributed by atoms with Crippen LogP contribution in [0, 0.1) is 11.7 Å². The van der Waals surface area contributed by atoms with Gasteiger partial charge in [-0.1, -0.05) is 43.3 Å². The Balaban J connectivity index is 1.77. The Morgan fingerprint density at radius 1 is 1.46 bits per heavy atom. The van der Waals surface area contributed by atoms with E-state index in [0.29, 0.717) is 23.9 Å². The van der Waals surface area contributed by atoms with Crippen molar-refractivity contribution in [1.29, 1.82) is 0 Å². The number of thioether (sulfide) groups is 1. The molecule has 1 aromatic rings. The maximum atomic E-state index is 14.5. The first-order chi connectivity index (χ1) is 11.7. The number of hydrogen-bond acceptors (Lipinski definition) is 5. The van der Waals surface area contributed by atoms with Gasteiger partial charge >= 0.3 is 0 Å². The number of fused-ring (bicyclic) bond motifs is 1. The minimum Gasteiger partial charge on any atom is -0.379 e. The van der Waals surface area contributed by atoms with Gasteiger partial charge in [0, 0.05) is 23.8 Å². The van der Waals surface area contributed by atoms with Crippen LogP contribution in [0.4, 0.5) is 4.39 Å². The molecule has 24 heavy (non-hydrogen) atoms. The van der Waals surface area contributed by atoms with Gasteiger partial charge in [0.15, 0.2) is 5.17 Å². The van der Waals surface area contributed by atoms with Gasteiger partial charge < -0.3 is 15.2 Å². The molecule has 6 heteroatoms. The largest absolute Gasteiger partial charge is 0.379 e. The van der Waals surface area contributed by atoms with Gasteiger partial charge in [-0.15, -0.1) is 0 Å². The van der Waals surface area contributed by atoms with Crippen LogP contribution in [-0.4, -0.2) is 36.8 Å². The number of nitrogens with zero attached hydrogens (tertiary/aromatic N) is 1. The average molecular weight is 352 g/mol. The van der Waals surface area contributed by atoms with Gasteiger partial charge in [0.2, 0.25) is 0 Å². The molecule has 2 heterocycles. The van der Waals surface area contributed by atoms with Crippen molar-refractivity contribution in [3.8, 4) is 0 Å². The Bertz CT molecular complexity index is 598. The minimum atomic E-state index is -0.708. The summed E-state index contributed by atoms with van der Waals surface area (Å²) in [5.41, 5.74) is 5.85. The van der Waals surface area contributed by atoms with Crippen molar-refractivity contribution in [2.24, 2.45) is 16.6 Å². The van der Waals surface area contributed by atoms with Crippen molar-refractivity contribution in [2.75, 3.05) is 25.6 Å². The maximum absolute atomic E-state index is 14.5. The summed E-state index contributed by atoms with van der Waals surface area (Å²) in [5, 5.41) is 0.510. The average Bonchev–Trinajstić information content (AvgIpc) is 2.59. The zero-order chi connectivity index (χ0) is 17.0. The number of benzene rings is 1. The summed E-state index contributed by atoms with van der Waals surface area (Å²) in [6.07, 6.45) is 3.03. The Hall–Kier alpha value is -1.11. The molecule has 2 aliphatic rings.